The molecule has 1 aromatic heterocycles. The first-order valence-corrected chi connectivity index (χ1v) is 9.84. The zero-order chi connectivity index (χ0) is 19.0. The first-order chi connectivity index (χ1) is 13.0. The van der Waals surface area contributed by atoms with Crippen LogP contribution in [0.1, 0.15) is 22.6 Å². The maximum Gasteiger partial charge on any atom is 0.330 e. The summed E-state index contributed by atoms with van der Waals surface area (Å²) in [4.78, 5) is 28.9. The molecule has 1 aliphatic heterocycles. The van der Waals surface area contributed by atoms with Crippen molar-refractivity contribution in [1.82, 2.24) is 14.9 Å². The maximum absolute atomic E-state index is 12.7. The van der Waals surface area contributed by atoms with Gasteiger partial charge in [0.2, 0.25) is 0 Å². The topological polar surface area (TPSA) is 84.2 Å². The number of rotatable bonds is 4. The van der Waals surface area contributed by atoms with Crippen LogP contribution in [0.25, 0.3) is 16.7 Å². The highest BCUT2D eigenvalue weighted by molar-refractivity contribution is 7.99. The molecule has 0 aliphatic carbocycles. The van der Waals surface area contributed by atoms with Crippen molar-refractivity contribution in [3.05, 3.63) is 59.9 Å². The Balaban J connectivity index is 1.68. The summed E-state index contributed by atoms with van der Waals surface area (Å²) < 4.78 is 2.03. The van der Waals surface area contributed by atoms with Crippen molar-refractivity contribution in [2.45, 2.75) is 18.9 Å². The number of carbonyl (C=O) groups excluding carboxylic acids is 1. The quantitative estimate of drug-likeness (QED) is 0.726. The van der Waals surface area contributed by atoms with Crippen molar-refractivity contribution in [3.63, 3.8) is 0 Å². The molecule has 0 bridgehead atoms. The molecule has 1 aliphatic rings. The summed E-state index contributed by atoms with van der Waals surface area (Å²) in [6.45, 7) is 1.92. The molecule has 7 heteroatoms. The minimum Gasteiger partial charge on any atom is -0.479 e. The lowest BCUT2D eigenvalue weighted by Crippen LogP contribution is -2.54. The average Bonchev–Trinajstić information content (AvgIpc) is 3.26. The molecule has 2 aromatic carbocycles. The number of aryl methyl sites for hydroxylation is 1. The number of carboxylic acids is 1. The van der Waals surface area contributed by atoms with Crippen molar-refractivity contribution < 1.29 is 14.7 Å². The number of nitrogens with one attached hydrogen (secondary N) is 1. The number of imidazole rings is 1. The predicted molar refractivity (Wildman–Crippen MR) is 106 cm³/mol. The van der Waals surface area contributed by atoms with Gasteiger partial charge in [0.25, 0.3) is 5.91 Å². The first kappa shape index (κ1) is 17.6. The second kappa shape index (κ2) is 6.74. The highest BCUT2D eigenvalue weighted by Gasteiger charge is 2.43. The van der Waals surface area contributed by atoms with Crippen LogP contribution in [-0.4, -0.2) is 43.6 Å². The van der Waals surface area contributed by atoms with Gasteiger partial charge in [0.1, 0.15) is 11.4 Å². The number of para-hydroxylation sites is 1. The summed E-state index contributed by atoms with van der Waals surface area (Å²) in [5.41, 5.74) is 1.84. The van der Waals surface area contributed by atoms with E-state index in [1.165, 1.54) is 0 Å². The van der Waals surface area contributed by atoms with Crippen LogP contribution in [-0.2, 0) is 4.79 Å². The second-order valence-electron chi connectivity index (χ2n) is 6.68. The minimum absolute atomic E-state index is 0.381. The van der Waals surface area contributed by atoms with E-state index < -0.39 is 11.5 Å². The average molecular weight is 381 g/mol. The highest BCUT2D eigenvalue weighted by atomic mass is 32.2. The molecule has 27 heavy (non-hydrogen) atoms. The van der Waals surface area contributed by atoms with Crippen LogP contribution < -0.4 is 5.32 Å². The van der Waals surface area contributed by atoms with Gasteiger partial charge in [-0.05, 0) is 49.4 Å². The van der Waals surface area contributed by atoms with Gasteiger partial charge >= 0.3 is 5.97 Å². The van der Waals surface area contributed by atoms with Crippen LogP contribution in [0.3, 0.4) is 0 Å². The Morgan fingerprint density at radius 2 is 2.00 bits per heavy atom. The molecular formula is C20H19N3O3S. The molecule has 138 valence electrons. The van der Waals surface area contributed by atoms with Crippen LogP contribution in [0.2, 0.25) is 0 Å². The molecule has 1 fully saturated rings. The lowest BCUT2D eigenvalue weighted by atomic mass is 9.98. The van der Waals surface area contributed by atoms with Gasteiger partial charge in [0.15, 0.2) is 0 Å². The number of benzene rings is 2. The molecule has 0 spiro atoms. The monoisotopic (exact) mass is 381 g/mol. The summed E-state index contributed by atoms with van der Waals surface area (Å²) in [5.74, 6) is 0.576. The van der Waals surface area contributed by atoms with E-state index in [0.29, 0.717) is 23.3 Å². The molecule has 0 saturated carbocycles. The minimum atomic E-state index is -1.18. The number of amides is 1. The Bertz CT molecular complexity index is 1020. The van der Waals surface area contributed by atoms with Gasteiger partial charge in [-0.15, -0.1) is 0 Å². The van der Waals surface area contributed by atoms with Gasteiger partial charge in [-0.25, -0.2) is 9.78 Å². The van der Waals surface area contributed by atoms with Gasteiger partial charge in [0.05, 0.1) is 11.0 Å². The normalized spacial score (nSPS) is 19.3. The number of fused-ring (bicyclic) bond motifs is 1. The Kier molecular flexibility index (Phi) is 4.39. The third-order valence-electron chi connectivity index (χ3n) is 4.88. The van der Waals surface area contributed by atoms with Crippen molar-refractivity contribution in [2.24, 2.45) is 0 Å². The van der Waals surface area contributed by atoms with Crippen LogP contribution >= 0.6 is 11.8 Å². The largest absolute Gasteiger partial charge is 0.479 e. The van der Waals surface area contributed by atoms with E-state index in [1.54, 1.807) is 23.9 Å². The lowest BCUT2D eigenvalue weighted by molar-refractivity contribution is -0.143. The van der Waals surface area contributed by atoms with Gasteiger partial charge in [0, 0.05) is 17.0 Å². The number of hydrogen-bond donors (Lipinski definition) is 2. The number of thioether (sulfide) groups is 1. The second-order valence-corrected chi connectivity index (χ2v) is 7.78. The number of aliphatic carboxylic acids is 1. The molecule has 0 radical (unpaired) electrons. The van der Waals surface area contributed by atoms with Crippen molar-refractivity contribution in [1.29, 1.82) is 0 Å². The number of hydrogen-bond acceptors (Lipinski definition) is 4. The van der Waals surface area contributed by atoms with E-state index in [-0.39, 0.29) is 5.91 Å². The van der Waals surface area contributed by atoms with Crippen molar-refractivity contribution >= 4 is 34.7 Å². The third kappa shape index (κ3) is 3.08. The van der Waals surface area contributed by atoms with Gasteiger partial charge in [-0.3, -0.25) is 9.36 Å². The number of nitrogens with zero attached hydrogens (tertiary/aromatic N) is 2. The molecule has 1 atom stereocenters. The molecule has 4 rings (SSSR count). The van der Waals surface area contributed by atoms with E-state index in [9.17, 15) is 14.7 Å². The smallest absolute Gasteiger partial charge is 0.330 e. The van der Waals surface area contributed by atoms with Crippen LogP contribution in [0.4, 0.5) is 0 Å². The van der Waals surface area contributed by atoms with E-state index in [0.717, 1.165) is 22.8 Å². The number of carbonyl (C=O) groups is 2. The molecule has 2 heterocycles. The molecular weight excluding hydrogens is 362 g/mol. The Labute approximate surface area is 160 Å². The van der Waals surface area contributed by atoms with Gasteiger partial charge in [-0.1, -0.05) is 18.2 Å². The summed E-state index contributed by atoms with van der Waals surface area (Å²) >= 11 is 1.54. The van der Waals surface area contributed by atoms with E-state index in [1.807, 2.05) is 47.9 Å². The maximum atomic E-state index is 12.7. The predicted octanol–water partition coefficient (Wildman–Crippen LogP) is 3.02. The summed E-state index contributed by atoms with van der Waals surface area (Å²) in [7, 11) is 0. The zero-order valence-electron chi connectivity index (χ0n) is 14.8. The fourth-order valence-electron chi connectivity index (χ4n) is 3.42. The Morgan fingerprint density at radius 1 is 1.22 bits per heavy atom. The van der Waals surface area contributed by atoms with Crippen LogP contribution in [0, 0.1) is 6.92 Å². The standard InChI is InChI=1S/C20H19N3O3S/c1-13-21-16-11-14(18(24)22-20(19(25)26)9-10-27-12-20)7-8-17(16)23(13)15-5-3-2-4-6-15/h2-8,11H,9-10,12H2,1H3,(H,22,24)(H,25,26). The molecule has 1 unspecified atom stereocenters. The Hall–Kier alpha value is -2.80. The van der Waals surface area contributed by atoms with Gasteiger partial charge < -0.3 is 10.4 Å². The first-order valence-electron chi connectivity index (χ1n) is 8.68. The SMILES string of the molecule is Cc1nc2cc(C(=O)NC3(C(=O)O)CCSC3)ccc2n1-c1ccccc1. The van der Waals surface area contributed by atoms with E-state index >= 15 is 0 Å². The Morgan fingerprint density at radius 3 is 2.67 bits per heavy atom. The third-order valence-corrected chi connectivity index (χ3v) is 6.07. The van der Waals surface area contributed by atoms with Gasteiger partial charge in [-0.2, -0.15) is 11.8 Å². The lowest BCUT2D eigenvalue weighted by Gasteiger charge is -2.24. The summed E-state index contributed by atoms with van der Waals surface area (Å²) in [6.07, 6.45) is 0.433. The summed E-state index contributed by atoms with van der Waals surface area (Å²) in [5, 5.41) is 12.3. The zero-order valence-corrected chi connectivity index (χ0v) is 15.6. The summed E-state index contributed by atoms with van der Waals surface area (Å²) in [6, 6.07) is 15.2. The van der Waals surface area contributed by atoms with E-state index in [4.69, 9.17) is 0 Å². The fourth-order valence-corrected chi connectivity index (χ4v) is 4.75. The molecule has 3 aromatic rings. The molecule has 1 saturated heterocycles. The van der Waals surface area contributed by atoms with E-state index in [2.05, 4.69) is 10.3 Å². The van der Waals surface area contributed by atoms with Crippen molar-refractivity contribution in [2.75, 3.05) is 11.5 Å². The van der Waals surface area contributed by atoms with Crippen LogP contribution in [0.5, 0.6) is 0 Å². The number of aromatic nitrogens is 2. The van der Waals surface area contributed by atoms with Crippen molar-refractivity contribution in [3.8, 4) is 5.69 Å². The number of carboxylic acid groups (broad SMARTS) is 1. The highest BCUT2D eigenvalue weighted by Crippen LogP contribution is 2.29. The molecule has 6 nitrogen and oxygen atoms in total. The fraction of sp³-hybridized carbons (Fsp3) is 0.250. The molecule has 2 N–H and O–H groups in total. The molecule has 1 amide bonds. The van der Waals surface area contributed by atoms with Crippen LogP contribution in [0.15, 0.2) is 48.5 Å².